The van der Waals surface area contributed by atoms with Crippen LogP contribution in [0, 0.1) is 12.1 Å². The van der Waals surface area contributed by atoms with Crippen molar-refractivity contribution < 1.29 is 24.5 Å². The van der Waals surface area contributed by atoms with Crippen molar-refractivity contribution in [1.82, 2.24) is 15.0 Å². The van der Waals surface area contributed by atoms with Crippen LogP contribution in [-0.2, 0) is 25.5 Å². The molecule has 4 nitrogen and oxygen atoms in total. The van der Waals surface area contributed by atoms with Gasteiger partial charge in [0, 0.05) is 49.0 Å². The predicted molar refractivity (Wildman–Crippen MR) is 176 cm³/mol. The van der Waals surface area contributed by atoms with Gasteiger partial charge in [0.2, 0.25) is 0 Å². The second-order valence-corrected chi connectivity index (χ2v) is 11.6. The summed E-state index contributed by atoms with van der Waals surface area (Å²) < 4.78 is 6.41. The van der Waals surface area contributed by atoms with Crippen LogP contribution in [0.1, 0.15) is 26.5 Å². The van der Waals surface area contributed by atoms with Crippen LogP contribution < -0.4 is 0 Å². The van der Waals surface area contributed by atoms with E-state index in [1.165, 1.54) is 21.5 Å². The first-order chi connectivity index (χ1) is 21.0. The van der Waals surface area contributed by atoms with Gasteiger partial charge in [-0.15, -0.1) is 54.1 Å². The van der Waals surface area contributed by atoms with E-state index < -0.39 is 0 Å². The number of hydrogen-bond acceptors (Lipinski definition) is 4. The molecule has 0 aliphatic carbocycles. The summed E-state index contributed by atoms with van der Waals surface area (Å²) in [5.74, 6) is 0.645. The summed E-state index contributed by atoms with van der Waals surface area (Å²) in [5.41, 5.74) is 5.40. The summed E-state index contributed by atoms with van der Waals surface area (Å²) >= 11 is 0. The maximum atomic E-state index is 6.41. The van der Waals surface area contributed by atoms with Crippen LogP contribution >= 0.6 is 0 Å². The third-order valence-electron chi connectivity index (χ3n) is 7.59. The molecule has 0 N–H and O–H groups in total. The second-order valence-electron chi connectivity index (χ2n) is 11.6. The molecule has 44 heavy (non-hydrogen) atoms. The third-order valence-corrected chi connectivity index (χ3v) is 7.59. The standard InChI is InChI=1S/C28H21N2O.C11H8N.Ir/c1-28(2,3)25-13-14-29-27(30-25)21-10-6-9-20-23-15-18-12-11-17-7-4-5-8-19(17)22(18)16-24(23)31-26(20)21;1-2-6-10(7-3-1)11-8-4-5-9-12-11;/h4-9,11-16H,1-3H3;1-6,8-9H;/q2*-1;. The van der Waals surface area contributed by atoms with Gasteiger partial charge in [0.1, 0.15) is 5.58 Å². The maximum absolute atomic E-state index is 6.41. The predicted octanol–water partition coefficient (Wildman–Crippen LogP) is 9.99. The molecule has 0 aliphatic rings. The Hall–Kier alpha value is -4.70. The largest absolute Gasteiger partial charge is 0.501 e. The van der Waals surface area contributed by atoms with E-state index in [1.807, 2.05) is 60.8 Å². The van der Waals surface area contributed by atoms with E-state index in [0.717, 1.165) is 44.5 Å². The minimum atomic E-state index is -0.0573. The second kappa shape index (κ2) is 12.1. The van der Waals surface area contributed by atoms with Gasteiger partial charge in [-0.25, -0.2) is 0 Å². The molecule has 0 saturated carbocycles. The van der Waals surface area contributed by atoms with Gasteiger partial charge in [-0.3, -0.25) is 9.97 Å². The molecule has 0 atom stereocenters. The van der Waals surface area contributed by atoms with E-state index in [9.17, 15) is 0 Å². The van der Waals surface area contributed by atoms with Gasteiger partial charge in [-0.2, -0.15) is 0 Å². The first-order valence-corrected chi connectivity index (χ1v) is 14.4. The molecule has 8 aromatic rings. The van der Waals surface area contributed by atoms with Crippen LogP contribution in [0.5, 0.6) is 0 Å². The van der Waals surface area contributed by atoms with Crippen LogP contribution in [0.2, 0.25) is 0 Å². The Labute approximate surface area is 270 Å². The summed E-state index contributed by atoms with van der Waals surface area (Å²) in [7, 11) is 0. The minimum absolute atomic E-state index is 0. The molecule has 0 bridgehead atoms. The van der Waals surface area contributed by atoms with Crippen LogP contribution in [0.25, 0.3) is 66.1 Å². The zero-order valence-electron chi connectivity index (χ0n) is 24.6. The third kappa shape index (κ3) is 5.65. The SMILES string of the molecule is CC(C)(C)c1ccnc(-c2[c-]ccc3c2oc2cc4c(ccc5ccccc54)cc23)n1.[Ir].[c-]1ccccc1-c1ccccn1. The maximum Gasteiger partial charge on any atom is 0.121 e. The summed E-state index contributed by atoms with van der Waals surface area (Å²) in [4.78, 5) is 13.6. The number of aromatic nitrogens is 3. The smallest absolute Gasteiger partial charge is 0.121 e. The van der Waals surface area contributed by atoms with E-state index >= 15 is 0 Å². The van der Waals surface area contributed by atoms with Gasteiger partial charge in [-0.05, 0) is 51.5 Å². The van der Waals surface area contributed by atoms with Gasteiger partial charge >= 0.3 is 0 Å². The fourth-order valence-electron chi connectivity index (χ4n) is 5.38. The van der Waals surface area contributed by atoms with Gasteiger partial charge in [0.15, 0.2) is 0 Å². The van der Waals surface area contributed by atoms with Crippen LogP contribution in [0.3, 0.4) is 0 Å². The summed E-state index contributed by atoms with van der Waals surface area (Å²) in [5, 5.41) is 7.02. The molecule has 217 valence electrons. The fourth-order valence-corrected chi connectivity index (χ4v) is 5.38. The molecule has 0 spiro atoms. The van der Waals surface area contributed by atoms with Gasteiger partial charge < -0.3 is 9.40 Å². The summed E-state index contributed by atoms with van der Waals surface area (Å²) in [6.07, 6.45) is 3.61. The monoisotopic (exact) mass is 748 g/mol. The van der Waals surface area contributed by atoms with Gasteiger partial charge in [0.05, 0.1) is 11.4 Å². The van der Waals surface area contributed by atoms with Crippen molar-refractivity contribution in [3.63, 3.8) is 0 Å². The van der Waals surface area contributed by atoms with E-state index in [0.29, 0.717) is 5.82 Å². The zero-order chi connectivity index (χ0) is 29.4. The molecule has 3 aromatic heterocycles. The van der Waals surface area contributed by atoms with Gasteiger partial charge in [0.25, 0.3) is 0 Å². The minimum Gasteiger partial charge on any atom is -0.501 e. The number of rotatable bonds is 2. The van der Waals surface area contributed by atoms with Crippen molar-refractivity contribution in [2.24, 2.45) is 0 Å². The normalized spacial score (nSPS) is 11.3. The Morgan fingerprint density at radius 1 is 0.636 bits per heavy atom. The van der Waals surface area contributed by atoms with E-state index in [-0.39, 0.29) is 25.5 Å². The van der Waals surface area contributed by atoms with Crippen LogP contribution in [0.4, 0.5) is 0 Å². The van der Waals surface area contributed by atoms with E-state index in [1.54, 1.807) is 6.20 Å². The first kappa shape index (κ1) is 29.4. The molecule has 8 rings (SSSR count). The Kier molecular flexibility index (Phi) is 8.09. The van der Waals surface area contributed by atoms with Crippen LogP contribution in [-0.4, -0.2) is 15.0 Å². The molecule has 5 heteroatoms. The van der Waals surface area contributed by atoms with Crippen LogP contribution in [0.15, 0.2) is 126 Å². The van der Waals surface area contributed by atoms with Gasteiger partial charge in [-0.1, -0.05) is 80.3 Å². The molecule has 0 saturated heterocycles. The number of hydrogen-bond donors (Lipinski definition) is 0. The Morgan fingerprint density at radius 2 is 1.45 bits per heavy atom. The number of furan rings is 1. The number of fused-ring (bicyclic) bond motifs is 6. The molecular formula is C39H29IrN3O-2. The first-order valence-electron chi connectivity index (χ1n) is 14.4. The van der Waals surface area contributed by atoms with Crippen molar-refractivity contribution in [2.75, 3.05) is 0 Å². The number of nitrogens with zero attached hydrogens (tertiary/aromatic N) is 3. The molecule has 0 unspecified atom stereocenters. The fraction of sp³-hybridized carbons (Fsp3) is 0.103. The van der Waals surface area contributed by atoms with Crippen molar-refractivity contribution in [3.05, 3.63) is 139 Å². The average Bonchev–Trinajstić information content (AvgIpc) is 3.42. The Balaban J connectivity index is 0.000000222. The quantitative estimate of drug-likeness (QED) is 0.131. The van der Waals surface area contributed by atoms with Crippen molar-refractivity contribution >= 4 is 43.5 Å². The Morgan fingerprint density at radius 3 is 2.25 bits per heavy atom. The van der Waals surface area contributed by atoms with E-state index in [2.05, 4.69) is 97.5 Å². The molecular weight excluding hydrogens is 719 g/mol. The van der Waals surface area contributed by atoms with Crippen molar-refractivity contribution in [3.8, 4) is 22.6 Å². The molecule has 0 fully saturated rings. The molecule has 5 aromatic carbocycles. The molecule has 0 aliphatic heterocycles. The van der Waals surface area contributed by atoms with E-state index in [4.69, 9.17) is 9.40 Å². The Bertz CT molecular complexity index is 2180. The number of benzene rings is 5. The van der Waals surface area contributed by atoms with Crippen molar-refractivity contribution in [1.29, 1.82) is 0 Å². The molecule has 1 radical (unpaired) electrons. The van der Waals surface area contributed by atoms with Crippen molar-refractivity contribution in [2.45, 2.75) is 26.2 Å². The number of pyridine rings is 1. The topological polar surface area (TPSA) is 51.8 Å². The zero-order valence-corrected chi connectivity index (χ0v) is 27.0. The average molecular weight is 748 g/mol. The summed E-state index contributed by atoms with van der Waals surface area (Å²) in [6.45, 7) is 6.46. The molecule has 0 amide bonds. The molecule has 3 heterocycles. The summed E-state index contributed by atoms with van der Waals surface area (Å²) in [6, 6.07) is 43.3.